The molecule has 0 saturated heterocycles. The summed E-state index contributed by atoms with van der Waals surface area (Å²) in [6.45, 7) is -0.487. The van der Waals surface area contributed by atoms with Gasteiger partial charge in [0.05, 0.1) is 18.4 Å². The molecule has 136 valence electrons. The highest BCUT2D eigenvalue weighted by Crippen LogP contribution is 2.23. The summed E-state index contributed by atoms with van der Waals surface area (Å²) in [7, 11) is 1.19. The zero-order chi connectivity index (χ0) is 18.9. The van der Waals surface area contributed by atoms with Crippen molar-refractivity contribution in [3.63, 3.8) is 0 Å². The zero-order valence-electron chi connectivity index (χ0n) is 13.9. The van der Waals surface area contributed by atoms with Crippen LogP contribution in [0.4, 0.5) is 10.1 Å². The molecule has 0 atom stereocenters. The number of benzene rings is 2. The van der Waals surface area contributed by atoms with Gasteiger partial charge in [0, 0.05) is 10.6 Å². The molecule has 0 bridgehead atoms. The minimum Gasteiger partial charge on any atom is -0.466 e. The lowest BCUT2D eigenvalue weighted by molar-refractivity contribution is -0.144. The normalized spacial score (nSPS) is 10.1. The molecule has 0 radical (unpaired) electrons. The van der Waals surface area contributed by atoms with Crippen LogP contribution < -0.4 is 5.32 Å². The Bertz CT molecular complexity index is 794. The Hall–Kier alpha value is -2.87. The van der Waals surface area contributed by atoms with Gasteiger partial charge >= 0.3 is 11.9 Å². The number of carbonyl (C=O) groups is 3. The number of hydrogen-bond donors (Lipinski definition) is 1. The molecule has 0 aliphatic heterocycles. The lowest BCUT2D eigenvalue weighted by Gasteiger charge is -2.09. The van der Waals surface area contributed by atoms with Crippen molar-refractivity contribution >= 4 is 35.3 Å². The minimum atomic E-state index is -0.683. The predicted molar refractivity (Wildman–Crippen MR) is 94.5 cm³/mol. The van der Waals surface area contributed by atoms with Crippen molar-refractivity contribution < 1.29 is 28.2 Å². The first-order valence-electron chi connectivity index (χ1n) is 7.51. The Morgan fingerprint density at radius 2 is 1.77 bits per heavy atom. The van der Waals surface area contributed by atoms with Crippen molar-refractivity contribution in [3.8, 4) is 0 Å². The van der Waals surface area contributed by atoms with Gasteiger partial charge in [0.2, 0.25) is 5.91 Å². The van der Waals surface area contributed by atoms with Crippen molar-refractivity contribution in [2.45, 2.75) is 4.90 Å². The average Bonchev–Trinajstić information content (AvgIpc) is 2.66. The van der Waals surface area contributed by atoms with E-state index in [0.29, 0.717) is 10.6 Å². The standard InChI is InChI=1S/C18H16FNO5S/c1-24-17(22)10-25-18(23)14-4-2-3-5-15(14)26-11-16(21)20-13-8-6-12(19)7-9-13/h2-9H,10-11H2,1H3,(H,20,21). The topological polar surface area (TPSA) is 81.7 Å². The van der Waals surface area contributed by atoms with Crippen LogP contribution in [0.1, 0.15) is 10.4 Å². The minimum absolute atomic E-state index is 0.0403. The fourth-order valence-electron chi connectivity index (χ4n) is 1.90. The third kappa shape index (κ3) is 5.89. The van der Waals surface area contributed by atoms with E-state index < -0.39 is 24.4 Å². The first kappa shape index (κ1) is 19.5. The number of amides is 1. The monoisotopic (exact) mass is 377 g/mol. The van der Waals surface area contributed by atoms with Gasteiger partial charge in [-0.15, -0.1) is 11.8 Å². The van der Waals surface area contributed by atoms with Crippen molar-refractivity contribution in [1.82, 2.24) is 0 Å². The molecule has 0 spiro atoms. The quantitative estimate of drug-likeness (QED) is 0.590. The van der Waals surface area contributed by atoms with Crippen LogP contribution in [0.15, 0.2) is 53.4 Å². The van der Waals surface area contributed by atoms with E-state index in [-0.39, 0.29) is 17.2 Å². The Kier molecular flexibility index (Phi) is 7.16. The van der Waals surface area contributed by atoms with Crippen LogP contribution in [0.2, 0.25) is 0 Å². The van der Waals surface area contributed by atoms with Crippen LogP contribution in [0, 0.1) is 5.82 Å². The lowest BCUT2D eigenvalue weighted by Crippen LogP contribution is -2.16. The Morgan fingerprint density at radius 3 is 2.46 bits per heavy atom. The molecule has 0 unspecified atom stereocenters. The van der Waals surface area contributed by atoms with Crippen molar-refractivity contribution in [2.24, 2.45) is 0 Å². The smallest absolute Gasteiger partial charge is 0.344 e. The highest BCUT2D eigenvalue weighted by Gasteiger charge is 2.15. The first-order chi connectivity index (χ1) is 12.5. The summed E-state index contributed by atoms with van der Waals surface area (Å²) in [6.07, 6.45) is 0. The molecule has 0 aliphatic carbocycles. The number of anilines is 1. The number of rotatable bonds is 7. The van der Waals surface area contributed by atoms with Crippen LogP contribution in [-0.2, 0) is 19.1 Å². The first-order valence-corrected chi connectivity index (χ1v) is 8.49. The largest absolute Gasteiger partial charge is 0.466 e. The summed E-state index contributed by atoms with van der Waals surface area (Å²) >= 11 is 1.14. The Balaban J connectivity index is 1.94. The fraction of sp³-hybridized carbons (Fsp3) is 0.167. The molecule has 0 saturated carbocycles. The van der Waals surface area contributed by atoms with E-state index in [4.69, 9.17) is 4.74 Å². The number of thioether (sulfide) groups is 1. The molecule has 1 N–H and O–H groups in total. The van der Waals surface area contributed by atoms with Crippen molar-refractivity contribution in [3.05, 3.63) is 59.9 Å². The van der Waals surface area contributed by atoms with Crippen molar-refractivity contribution in [2.75, 3.05) is 24.8 Å². The van der Waals surface area contributed by atoms with Gasteiger partial charge in [-0.05, 0) is 36.4 Å². The predicted octanol–water partition coefficient (Wildman–Crippen LogP) is 2.89. The third-order valence-electron chi connectivity index (χ3n) is 3.14. The highest BCUT2D eigenvalue weighted by atomic mass is 32.2. The second-order valence-corrected chi connectivity index (χ2v) is 6.01. The molecular formula is C18H16FNO5S. The number of hydrogen-bond acceptors (Lipinski definition) is 6. The average molecular weight is 377 g/mol. The number of esters is 2. The molecule has 2 aromatic rings. The zero-order valence-corrected chi connectivity index (χ0v) is 14.7. The molecule has 0 heterocycles. The fourth-order valence-corrected chi connectivity index (χ4v) is 2.74. The molecule has 0 fully saturated rings. The maximum absolute atomic E-state index is 12.9. The number of halogens is 1. The van der Waals surface area contributed by atoms with Crippen LogP contribution in [-0.4, -0.2) is 37.3 Å². The van der Waals surface area contributed by atoms with Gasteiger partial charge in [0.25, 0.3) is 0 Å². The number of carbonyl (C=O) groups excluding carboxylic acids is 3. The molecule has 8 heteroatoms. The van der Waals surface area contributed by atoms with Gasteiger partial charge < -0.3 is 14.8 Å². The van der Waals surface area contributed by atoms with Gasteiger partial charge in [0.1, 0.15) is 5.82 Å². The Labute approximate surface area is 153 Å². The molecular weight excluding hydrogens is 361 g/mol. The molecule has 1 amide bonds. The number of nitrogens with one attached hydrogen (secondary N) is 1. The summed E-state index contributed by atoms with van der Waals surface area (Å²) in [4.78, 5) is 35.7. The molecule has 26 heavy (non-hydrogen) atoms. The molecule has 2 aromatic carbocycles. The second-order valence-electron chi connectivity index (χ2n) is 4.99. The van der Waals surface area contributed by atoms with Crippen LogP contribution in [0.3, 0.4) is 0 Å². The van der Waals surface area contributed by atoms with Crippen LogP contribution in [0.5, 0.6) is 0 Å². The van der Waals surface area contributed by atoms with Gasteiger partial charge in [-0.2, -0.15) is 0 Å². The maximum Gasteiger partial charge on any atom is 0.344 e. The van der Waals surface area contributed by atoms with Crippen molar-refractivity contribution in [1.29, 1.82) is 0 Å². The summed E-state index contributed by atoms with van der Waals surface area (Å²) in [5.41, 5.74) is 0.721. The van der Waals surface area contributed by atoms with E-state index >= 15 is 0 Å². The maximum atomic E-state index is 12.9. The lowest BCUT2D eigenvalue weighted by atomic mass is 10.2. The van der Waals surface area contributed by atoms with E-state index in [1.807, 2.05) is 0 Å². The second kappa shape index (κ2) is 9.57. The van der Waals surface area contributed by atoms with E-state index in [0.717, 1.165) is 11.8 Å². The van der Waals surface area contributed by atoms with Crippen LogP contribution >= 0.6 is 11.8 Å². The van der Waals surface area contributed by atoms with Gasteiger partial charge in [-0.1, -0.05) is 12.1 Å². The third-order valence-corrected chi connectivity index (χ3v) is 4.22. The van der Waals surface area contributed by atoms with E-state index in [9.17, 15) is 18.8 Å². The molecule has 0 aliphatic rings. The molecule has 0 aromatic heterocycles. The number of methoxy groups -OCH3 is 1. The molecule has 6 nitrogen and oxygen atoms in total. The van der Waals surface area contributed by atoms with E-state index in [2.05, 4.69) is 10.1 Å². The SMILES string of the molecule is COC(=O)COC(=O)c1ccccc1SCC(=O)Nc1ccc(F)cc1. The van der Waals surface area contributed by atoms with Gasteiger partial charge in [-0.3, -0.25) is 4.79 Å². The Morgan fingerprint density at radius 1 is 1.08 bits per heavy atom. The summed E-state index contributed by atoms with van der Waals surface area (Å²) in [5, 5.41) is 2.63. The van der Waals surface area contributed by atoms with Gasteiger partial charge in [0.15, 0.2) is 6.61 Å². The van der Waals surface area contributed by atoms with E-state index in [1.54, 1.807) is 24.3 Å². The molecule has 2 rings (SSSR count). The summed E-state index contributed by atoms with van der Waals surface area (Å²) < 4.78 is 22.1. The van der Waals surface area contributed by atoms with E-state index in [1.165, 1.54) is 31.4 Å². The number of ether oxygens (including phenoxy) is 2. The summed E-state index contributed by atoms with van der Waals surface area (Å²) in [5.74, 6) is -2.01. The highest BCUT2D eigenvalue weighted by molar-refractivity contribution is 8.00. The van der Waals surface area contributed by atoms with Gasteiger partial charge in [-0.25, -0.2) is 14.0 Å². The summed E-state index contributed by atoms with van der Waals surface area (Å²) in [6, 6.07) is 12.0. The van der Waals surface area contributed by atoms with Crippen LogP contribution in [0.25, 0.3) is 0 Å².